The highest BCUT2D eigenvalue weighted by atomic mass is 32.2. The number of sulfonamides is 1. The van der Waals surface area contributed by atoms with Gasteiger partial charge in [-0.1, -0.05) is 18.6 Å². The molecular weight excluding hydrogens is 376 g/mol. The fraction of sp³-hybridized carbons (Fsp3) is 0.381. The van der Waals surface area contributed by atoms with Crippen LogP contribution >= 0.6 is 0 Å². The van der Waals surface area contributed by atoms with Crippen molar-refractivity contribution in [3.63, 3.8) is 0 Å². The number of benzene rings is 2. The smallest absolute Gasteiger partial charge is 0.335 e. The Morgan fingerprint density at radius 3 is 2.50 bits per heavy atom. The van der Waals surface area contributed by atoms with E-state index in [1.807, 2.05) is 30.3 Å². The molecule has 1 aliphatic carbocycles. The van der Waals surface area contributed by atoms with Crippen molar-refractivity contribution in [3.8, 4) is 0 Å². The van der Waals surface area contributed by atoms with Crippen molar-refractivity contribution < 1.29 is 18.3 Å². The second kappa shape index (κ2) is 6.81. The van der Waals surface area contributed by atoms with Gasteiger partial charge in [-0.15, -0.1) is 0 Å². The van der Waals surface area contributed by atoms with Crippen molar-refractivity contribution in [2.75, 3.05) is 22.9 Å². The highest BCUT2D eigenvalue weighted by molar-refractivity contribution is 7.92. The predicted molar refractivity (Wildman–Crippen MR) is 110 cm³/mol. The fourth-order valence-electron chi connectivity index (χ4n) is 4.59. The lowest BCUT2D eigenvalue weighted by molar-refractivity contribution is 0.0697. The lowest BCUT2D eigenvalue weighted by atomic mass is 9.77. The van der Waals surface area contributed by atoms with Gasteiger partial charge < -0.3 is 10.4 Å². The second-order valence-electron chi connectivity index (χ2n) is 7.75. The molecule has 2 aliphatic rings. The minimum absolute atomic E-state index is 0.126. The summed E-state index contributed by atoms with van der Waals surface area (Å²) in [4.78, 5) is 11.1. The van der Waals surface area contributed by atoms with Gasteiger partial charge in [-0.25, -0.2) is 13.2 Å². The molecule has 4 rings (SSSR count). The Hall–Kier alpha value is -2.54. The van der Waals surface area contributed by atoms with Gasteiger partial charge in [0.1, 0.15) is 0 Å². The number of carbonyl (C=O) groups is 1. The Kier molecular flexibility index (Phi) is 4.57. The van der Waals surface area contributed by atoms with Crippen LogP contribution in [0, 0.1) is 5.92 Å². The first-order chi connectivity index (χ1) is 13.3. The molecule has 148 valence electrons. The molecule has 0 aromatic heterocycles. The third kappa shape index (κ3) is 3.24. The van der Waals surface area contributed by atoms with Gasteiger partial charge in [0.05, 0.1) is 23.5 Å². The van der Waals surface area contributed by atoms with Gasteiger partial charge in [0, 0.05) is 12.7 Å². The Labute approximate surface area is 165 Å². The molecule has 2 aromatic rings. The molecule has 0 spiro atoms. The van der Waals surface area contributed by atoms with E-state index >= 15 is 0 Å². The van der Waals surface area contributed by atoms with Crippen molar-refractivity contribution >= 4 is 27.4 Å². The maximum absolute atomic E-state index is 11.9. The van der Waals surface area contributed by atoms with E-state index in [4.69, 9.17) is 5.11 Å². The van der Waals surface area contributed by atoms with Crippen LogP contribution in [0.4, 0.5) is 11.4 Å². The lowest BCUT2D eigenvalue weighted by Gasteiger charge is -2.38. The minimum atomic E-state index is -3.30. The molecule has 0 unspecified atom stereocenters. The maximum Gasteiger partial charge on any atom is 0.335 e. The number of carboxylic acids is 1. The summed E-state index contributed by atoms with van der Waals surface area (Å²) in [6, 6.07) is 13.0. The average molecular weight is 401 g/mol. The Balaban J connectivity index is 1.70. The van der Waals surface area contributed by atoms with E-state index in [0.29, 0.717) is 17.5 Å². The van der Waals surface area contributed by atoms with Crippen molar-refractivity contribution in [3.05, 3.63) is 59.2 Å². The third-order valence-electron chi connectivity index (χ3n) is 6.12. The molecule has 6 nitrogen and oxygen atoms in total. The van der Waals surface area contributed by atoms with Gasteiger partial charge in [0.2, 0.25) is 10.0 Å². The molecule has 1 fully saturated rings. The SMILES string of the molecule is CN(c1ccc2c(c1)[C@@H]1CCC[C@@H]1[C@H](c1ccc(C(=O)O)cc1)N2)S(C)(=O)=O. The van der Waals surface area contributed by atoms with Crippen molar-refractivity contribution in [2.45, 2.75) is 31.2 Å². The molecule has 0 saturated heterocycles. The zero-order chi connectivity index (χ0) is 20.1. The predicted octanol–water partition coefficient (Wildman–Crippen LogP) is 3.83. The largest absolute Gasteiger partial charge is 0.478 e. The molecule has 28 heavy (non-hydrogen) atoms. The van der Waals surface area contributed by atoms with Crippen LogP contribution in [0.3, 0.4) is 0 Å². The van der Waals surface area contributed by atoms with Gasteiger partial charge in [0.15, 0.2) is 0 Å². The quantitative estimate of drug-likeness (QED) is 0.814. The Morgan fingerprint density at radius 1 is 1.14 bits per heavy atom. The van der Waals surface area contributed by atoms with Gasteiger partial charge >= 0.3 is 5.97 Å². The molecule has 0 amide bonds. The van der Waals surface area contributed by atoms with Gasteiger partial charge in [-0.2, -0.15) is 0 Å². The first-order valence-electron chi connectivity index (χ1n) is 9.43. The Bertz CT molecular complexity index is 1020. The molecule has 3 atom stereocenters. The van der Waals surface area contributed by atoms with E-state index in [1.165, 1.54) is 16.1 Å². The normalized spacial score (nSPS) is 23.4. The molecule has 1 saturated carbocycles. The van der Waals surface area contributed by atoms with Crippen LogP contribution in [0.1, 0.15) is 52.7 Å². The van der Waals surface area contributed by atoms with E-state index in [-0.39, 0.29) is 11.6 Å². The van der Waals surface area contributed by atoms with E-state index in [9.17, 15) is 13.2 Å². The summed E-state index contributed by atoms with van der Waals surface area (Å²) in [5.74, 6) is -0.148. The molecule has 0 bridgehead atoms. The third-order valence-corrected chi connectivity index (χ3v) is 7.33. The van der Waals surface area contributed by atoms with E-state index < -0.39 is 16.0 Å². The number of hydrogen-bond acceptors (Lipinski definition) is 4. The first-order valence-corrected chi connectivity index (χ1v) is 11.3. The number of nitrogens with one attached hydrogen (secondary N) is 1. The number of anilines is 2. The number of rotatable bonds is 4. The molecule has 7 heteroatoms. The number of carboxylic acid groups (broad SMARTS) is 1. The highest BCUT2D eigenvalue weighted by Crippen LogP contribution is 2.53. The van der Waals surface area contributed by atoms with Crippen molar-refractivity contribution in [2.24, 2.45) is 5.92 Å². The number of fused-ring (bicyclic) bond motifs is 3. The summed E-state index contributed by atoms with van der Waals surface area (Å²) in [6.45, 7) is 0. The molecule has 0 radical (unpaired) electrons. The lowest BCUT2D eigenvalue weighted by Crippen LogP contribution is -2.30. The van der Waals surface area contributed by atoms with Gasteiger partial charge in [-0.3, -0.25) is 4.31 Å². The van der Waals surface area contributed by atoms with Gasteiger partial charge in [-0.05, 0) is 66.1 Å². The standard InChI is InChI=1S/C21H24N2O4S/c1-23(28(2,26)27)15-10-11-19-18(12-15)16-4-3-5-17(16)20(22-19)13-6-8-14(9-7-13)21(24)25/h6-12,16-17,20,22H,3-5H2,1-2H3,(H,24,25)/t16-,17+,20+/m1/s1. The highest BCUT2D eigenvalue weighted by Gasteiger charge is 2.40. The van der Waals surface area contributed by atoms with Crippen molar-refractivity contribution in [1.82, 2.24) is 0 Å². The van der Waals surface area contributed by atoms with E-state index in [2.05, 4.69) is 5.32 Å². The summed E-state index contributed by atoms with van der Waals surface area (Å²) in [6.07, 6.45) is 4.51. The summed E-state index contributed by atoms with van der Waals surface area (Å²) < 4.78 is 25.1. The summed E-state index contributed by atoms with van der Waals surface area (Å²) in [7, 11) is -1.73. The van der Waals surface area contributed by atoms with Crippen LogP contribution in [-0.2, 0) is 10.0 Å². The molecule has 2 N–H and O–H groups in total. The average Bonchev–Trinajstić information content (AvgIpc) is 3.16. The minimum Gasteiger partial charge on any atom is -0.478 e. The first kappa shape index (κ1) is 18.8. The van der Waals surface area contributed by atoms with Crippen LogP contribution in [0.25, 0.3) is 0 Å². The number of nitrogens with zero attached hydrogens (tertiary/aromatic N) is 1. The summed E-state index contributed by atoms with van der Waals surface area (Å²) in [5, 5.41) is 12.8. The fourth-order valence-corrected chi connectivity index (χ4v) is 5.08. The summed E-state index contributed by atoms with van der Waals surface area (Å²) >= 11 is 0. The second-order valence-corrected chi connectivity index (χ2v) is 9.77. The van der Waals surface area contributed by atoms with Gasteiger partial charge in [0.25, 0.3) is 0 Å². The zero-order valence-corrected chi connectivity index (χ0v) is 16.7. The molecular formula is C21H24N2O4S. The monoisotopic (exact) mass is 400 g/mol. The van der Waals surface area contributed by atoms with Crippen molar-refractivity contribution in [1.29, 1.82) is 0 Å². The van der Waals surface area contributed by atoms with Crippen LogP contribution < -0.4 is 9.62 Å². The zero-order valence-electron chi connectivity index (χ0n) is 15.9. The topological polar surface area (TPSA) is 86.7 Å². The molecule has 2 aromatic carbocycles. The number of hydrogen-bond donors (Lipinski definition) is 2. The number of aromatic carboxylic acids is 1. The van der Waals surface area contributed by atoms with Crippen LogP contribution in [0.15, 0.2) is 42.5 Å². The van der Waals surface area contributed by atoms with E-state index in [1.54, 1.807) is 19.2 Å². The maximum atomic E-state index is 11.9. The van der Waals surface area contributed by atoms with Crippen LogP contribution in [0.5, 0.6) is 0 Å². The molecule has 1 heterocycles. The van der Waals surface area contributed by atoms with E-state index in [0.717, 1.165) is 30.5 Å². The molecule has 1 aliphatic heterocycles. The van der Waals surface area contributed by atoms with Crippen LogP contribution in [-0.4, -0.2) is 32.8 Å². The van der Waals surface area contributed by atoms with Crippen LogP contribution in [0.2, 0.25) is 0 Å². The summed E-state index contributed by atoms with van der Waals surface area (Å²) in [5.41, 5.74) is 4.26. The Morgan fingerprint density at radius 2 is 1.86 bits per heavy atom.